The number of halogens is 2. The molecule has 0 fully saturated rings. The van der Waals surface area contributed by atoms with Crippen molar-refractivity contribution in [3.8, 4) is 22.3 Å². The van der Waals surface area contributed by atoms with Gasteiger partial charge in [-0.25, -0.2) is 0 Å². The monoisotopic (exact) mass is 613 g/mol. The Morgan fingerprint density at radius 1 is 0.743 bits per heavy atom. The molecule has 0 heterocycles. The molecule has 5 heteroatoms. The molecule has 0 bridgehead atoms. The van der Waals surface area contributed by atoms with Crippen LogP contribution in [0.1, 0.15) is 28.6 Å². The van der Waals surface area contributed by atoms with Crippen molar-refractivity contribution in [1.29, 1.82) is 0 Å². The van der Waals surface area contributed by atoms with Crippen LogP contribution in [0.2, 0.25) is 39.3 Å². The number of hydrogen-bond donors (Lipinski definition) is 0. The summed E-state index contributed by atoms with van der Waals surface area (Å²) in [6.45, 7) is 19.3. The Kier molecular flexibility index (Phi) is 7.98. The van der Waals surface area contributed by atoms with Gasteiger partial charge in [-0.15, -0.1) is 0 Å². The molecule has 4 rings (SSSR count). The number of allylic oxidation sites excluding steroid dienone is 1. The minimum absolute atomic E-state index is 0.232. The van der Waals surface area contributed by atoms with E-state index >= 15 is 0 Å². The molecule has 0 aliphatic heterocycles. The molecule has 0 radical (unpaired) electrons. The molecule has 3 aromatic rings. The summed E-state index contributed by atoms with van der Waals surface area (Å²) >= 11 is -2.59. The quantitative estimate of drug-likeness (QED) is 0.243. The summed E-state index contributed by atoms with van der Waals surface area (Å²) in [6.07, 6.45) is 2.44. The first-order valence-corrected chi connectivity index (χ1v) is 27.3. The van der Waals surface area contributed by atoms with E-state index in [4.69, 9.17) is 17.0 Å². The molecule has 0 amide bonds. The molecule has 0 aromatic heterocycles. The molecule has 0 saturated carbocycles. The van der Waals surface area contributed by atoms with Crippen molar-refractivity contribution in [2.75, 3.05) is 0 Å². The van der Waals surface area contributed by atoms with Crippen molar-refractivity contribution in [1.82, 2.24) is 0 Å². The van der Waals surface area contributed by atoms with Crippen molar-refractivity contribution in [3.63, 3.8) is 0 Å². The molecule has 183 valence electrons. The number of fused-ring (bicyclic) bond motifs is 1. The minimum atomic E-state index is -2.59. The molecule has 0 saturated heterocycles. The zero-order valence-corrected chi connectivity index (χ0v) is 28.2. The summed E-state index contributed by atoms with van der Waals surface area (Å²) in [5.74, 6) is 0.430. The van der Waals surface area contributed by atoms with Crippen LogP contribution in [-0.2, 0) is 19.4 Å². The fourth-order valence-corrected chi connectivity index (χ4v) is 13.2. The third-order valence-corrected chi connectivity index (χ3v) is 16.4. The molecule has 1 atom stereocenters. The Hall–Kier alpha value is -0.703. The SMILES string of the molecule is CC(C)C1=Cc2c(ccc(-c3ccccc3)c2-c2cc([Si](C)(C)C)cc([Si](C)(C)C)c2)[CH]1[Zr]([Cl])[Cl]. The molecule has 35 heavy (non-hydrogen) atoms. The third-order valence-electron chi connectivity index (χ3n) is 7.16. The molecule has 1 aliphatic carbocycles. The first kappa shape index (κ1) is 27.3. The second-order valence-corrected chi connectivity index (χ2v) is 31.1. The number of benzene rings is 3. The molecule has 0 nitrogen and oxygen atoms in total. The maximum atomic E-state index is 6.81. The van der Waals surface area contributed by atoms with Gasteiger partial charge in [0.15, 0.2) is 0 Å². The van der Waals surface area contributed by atoms with Crippen LogP contribution >= 0.6 is 17.0 Å². The Bertz CT molecular complexity index is 1230. The normalized spacial score (nSPS) is 15.9. The fraction of sp³-hybridized carbons (Fsp3) is 0.333. The standard InChI is InChI=1S/C30H37Si2.2ClH.Zr/c1-21(2)24-16-23-14-15-28(22-12-10-9-11-13-22)30(29(23)19-24)25-17-26(31(3,4)5)20-27(18-25)32(6,7)8;;;/h9-21H,1-8H3;2*1H;/q;;;+2/p-2. The maximum absolute atomic E-state index is 6.81. The van der Waals surface area contributed by atoms with Gasteiger partial charge < -0.3 is 0 Å². The van der Waals surface area contributed by atoms with Gasteiger partial charge in [-0.2, -0.15) is 0 Å². The molecule has 3 aromatic carbocycles. The fourth-order valence-electron chi connectivity index (χ4n) is 5.02. The van der Waals surface area contributed by atoms with Crippen molar-refractivity contribution in [3.05, 3.63) is 77.4 Å². The second kappa shape index (κ2) is 10.2. The summed E-state index contributed by atoms with van der Waals surface area (Å²) in [4.78, 5) is 0. The zero-order valence-electron chi connectivity index (χ0n) is 22.3. The topological polar surface area (TPSA) is 0 Å². The van der Waals surface area contributed by atoms with E-state index in [1.165, 1.54) is 49.3 Å². The average Bonchev–Trinajstić information content (AvgIpc) is 3.18. The van der Waals surface area contributed by atoms with Crippen LogP contribution in [-0.4, -0.2) is 16.1 Å². The van der Waals surface area contributed by atoms with E-state index in [0.717, 1.165) is 0 Å². The van der Waals surface area contributed by atoms with Crippen LogP contribution in [0.25, 0.3) is 28.3 Å². The van der Waals surface area contributed by atoms with Crippen LogP contribution in [0.3, 0.4) is 0 Å². The Morgan fingerprint density at radius 3 is 1.80 bits per heavy atom. The van der Waals surface area contributed by atoms with E-state index in [2.05, 4.69) is 120 Å². The van der Waals surface area contributed by atoms with Crippen LogP contribution in [0, 0.1) is 5.92 Å². The Morgan fingerprint density at radius 2 is 1.31 bits per heavy atom. The summed E-state index contributed by atoms with van der Waals surface area (Å²) in [5.41, 5.74) is 9.37. The van der Waals surface area contributed by atoms with Gasteiger partial charge in [0.25, 0.3) is 0 Å². The summed E-state index contributed by atoms with van der Waals surface area (Å²) in [6, 6.07) is 23.0. The van der Waals surface area contributed by atoms with Crippen molar-refractivity contribution in [2.24, 2.45) is 5.92 Å². The van der Waals surface area contributed by atoms with Crippen LogP contribution in [0.4, 0.5) is 0 Å². The first-order chi connectivity index (χ1) is 16.3. The van der Waals surface area contributed by atoms with E-state index < -0.39 is 35.5 Å². The van der Waals surface area contributed by atoms with E-state index in [9.17, 15) is 0 Å². The van der Waals surface area contributed by atoms with E-state index in [-0.39, 0.29) is 3.63 Å². The van der Waals surface area contributed by atoms with Gasteiger partial charge in [0.05, 0.1) is 0 Å². The van der Waals surface area contributed by atoms with Crippen LogP contribution in [0.5, 0.6) is 0 Å². The predicted molar refractivity (Wildman–Crippen MR) is 161 cm³/mol. The van der Waals surface area contributed by atoms with Gasteiger partial charge in [0.1, 0.15) is 0 Å². The van der Waals surface area contributed by atoms with Crippen molar-refractivity contribution in [2.45, 2.75) is 56.8 Å². The summed E-state index contributed by atoms with van der Waals surface area (Å²) in [7, 11) is 10.6. The third kappa shape index (κ3) is 5.60. The van der Waals surface area contributed by atoms with Crippen molar-refractivity contribution < 1.29 is 19.4 Å². The van der Waals surface area contributed by atoms with Crippen LogP contribution < -0.4 is 10.4 Å². The van der Waals surface area contributed by atoms with Gasteiger partial charge in [-0.05, 0) is 0 Å². The van der Waals surface area contributed by atoms with Gasteiger partial charge in [0, 0.05) is 0 Å². The average molecular weight is 616 g/mol. The van der Waals surface area contributed by atoms with E-state index in [1.54, 1.807) is 0 Å². The zero-order chi connectivity index (χ0) is 25.7. The van der Waals surface area contributed by atoms with Crippen molar-refractivity contribution >= 4 is 49.6 Å². The predicted octanol–water partition coefficient (Wildman–Crippen LogP) is 9.13. The second-order valence-electron chi connectivity index (χ2n) is 12.2. The molecule has 1 aliphatic rings. The molecular formula is C30H37Cl2Si2Zr. The number of rotatable bonds is 6. The molecule has 0 N–H and O–H groups in total. The van der Waals surface area contributed by atoms with Gasteiger partial charge in [0.2, 0.25) is 0 Å². The summed E-state index contributed by atoms with van der Waals surface area (Å²) in [5, 5.41) is 3.08. The van der Waals surface area contributed by atoms with E-state index in [1.807, 2.05) is 0 Å². The number of hydrogen-bond acceptors (Lipinski definition) is 0. The summed E-state index contributed by atoms with van der Waals surface area (Å²) < 4.78 is 0.232. The van der Waals surface area contributed by atoms with Gasteiger partial charge >= 0.3 is 231 Å². The molecule has 1 unspecified atom stereocenters. The van der Waals surface area contributed by atoms with Gasteiger partial charge in [-0.1, -0.05) is 0 Å². The first-order valence-electron chi connectivity index (χ1n) is 12.6. The Balaban J connectivity index is 2.11. The van der Waals surface area contributed by atoms with Gasteiger partial charge in [-0.3, -0.25) is 0 Å². The van der Waals surface area contributed by atoms with E-state index in [0.29, 0.717) is 5.92 Å². The van der Waals surface area contributed by atoms with Crippen LogP contribution in [0.15, 0.2) is 66.2 Å². The molecule has 0 spiro atoms. The Labute approximate surface area is 229 Å². The molecular weight excluding hydrogens is 579 g/mol.